The minimum Gasteiger partial charge on any atom is -0.497 e. The van der Waals surface area contributed by atoms with Crippen molar-refractivity contribution < 1.29 is 23.8 Å². The number of aromatic nitrogens is 4. The van der Waals surface area contributed by atoms with Gasteiger partial charge < -0.3 is 25.8 Å². The summed E-state index contributed by atoms with van der Waals surface area (Å²) in [5, 5.41) is 17.6. The molecule has 4 aromatic rings. The van der Waals surface area contributed by atoms with Crippen LogP contribution in [0.3, 0.4) is 0 Å². The summed E-state index contributed by atoms with van der Waals surface area (Å²) in [6.45, 7) is 0.985. The van der Waals surface area contributed by atoms with Crippen molar-refractivity contribution in [2.75, 3.05) is 25.9 Å². The van der Waals surface area contributed by atoms with Gasteiger partial charge in [-0.3, -0.25) is 4.79 Å². The van der Waals surface area contributed by atoms with Gasteiger partial charge in [-0.1, -0.05) is 24.3 Å². The first-order chi connectivity index (χ1) is 18.4. The van der Waals surface area contributed by atoms with Crippen LogP contribution in [-0.4, -0.2) is 62.0 Å². The number of methoxy groups -OCH3 is 1. The number of carbonyl (C=O) groups is 2. The Bertz CT molecular complexity index is 1510. The second kappa shape index (κ2) is 10.3. The Labute approximate surface area is 217 Å². The average molecular weight is 520 g/mol. The second-order valence-electron chi connectivity index (χ2n) is 9.00. The molecule has 2 amide bonds. The molecular formula is C26H26FN7O4. The molecule has 0 radical (unpaired) electrons. The number of nitrogens with one attached hydrogen (secondary N) is 1. The number of amides is 2. The minimum atomic E-state index is -0.960. The van der Waals surface area contributed by atoms with Gasteiger partial charge in [0.25, 0.3) is 5.91 Å². The van der Waals surface area contributed by atoms with Crippen molar-refractivity contribution in [3.8, 4) is 17.0 Å². The monoisotopic (exact) mass is 519 g/mol. The van der Waals surface area contributed by atoms with Crippen molar-refractivity contribution in [2.45, 2.75) is 25.4 Å². The van der Waals surface area contributed by atoms with Crippen molar-refractivity contribution in [3.05, 3.63) is 65.7 Å². The van der Waals surface area contributed by atoms with E-state index in [4.69, 9.17) is 15.6 Å². The Morgan fingerprint density at radius 3 is 2.71 bits per heavy atom. The topological polar surface area (TPSA) is 148 Å². The lowest BCUT2D eigenvalue weighted by atomic mass is 10.1. The van der Waals surface area contributed by atoms with Crippen LogP contribution >= 0.6 is 0 Å². The Morgan fingerprint density at radius 2 is 2.00 bits per heavy atom. The molecule has 0 unspecified atom stereocenters. The van der Waals surface area contributed by atoms with E-state index in [2.05, 4.69) is 15.3 Å². The van der Waals surface area contributed by atoms with Crippen LogP contribution in [-0.2, 0) is 6.54 Å². The number of hydrogen-bond acceptors (Lipinski definition) is 7. The van der Waals surface area contributed by atoms with Gasteiger partial charge in [-0.25, -0.2) is 23.8 Å². The maximum Gasteiger partial charge on any atom is 0.407 e. The molecular weight excluding hydrogens is 493 g/mol. The number of anilines is 1. The molecule has 38 heavy (non-hydrogen) atoms. The number of hydrogen-bond donors (Lipinski definition) is 3. The maximum absolute atomic E-state index is 14.2. The van der Waals surface area contributed by atoms with Crippen LogP contribution < -0.4 is 15.8 Å². The highest BCUT2D eigenvalue weighted by molar-refractivity contribution is 5.98. The molecule has 1 aliphatic rings. The molecule has 11 nitrogen and oxygen atoms in total. The van der Waals surface area contributed by atoms with Gasteiger partial charge >= 0.3 is 6.09 Å². The number of rotatable bonds is 6. The van der Waals surface area contributed by atoms with E-state index in [1.807, 2.05) is 24.3 Å². The molecule has 12 heteroatoms. The summed E-state index contributed by atoms with van der Waals surface area (Å²) in [4.78, 5) is 33.9. The Morgan fingerprint density at radius 1 is 1.21 bits per heavy atom. The SMILES string of the molecule is COc1ccc(C(=O)NCc2ccc(-c3nn([C@@H]4CCCN(C(=O)O)C4)c4ncnc(N)c34)cc2)c(F)c1. The number of nitrogens with zero attached hydrogens (tertiary/aromatic N) is 5. The van der Waals surface area contributed by atoms with Gasteiger partial charge in [0.15, 0.2) is 5.65 Å². The zero-order valence-corrected chi connectivity index (χ0v) is 20.6. The fourth-order valence-electron chi connectivity index (χ4n) is 4.65. The van der Waals surface area contributed by atoms with E-state index in [9.17, 15) is 19.1 Å². The summed E-state index contributed by atoms with van der Waals surface area (Å²) in [5.41, 5.74) is 8.83. The molecule has 5 rings (SSSR count). The van der Waals surface area contributed by atoms with Gasteiger partial charge in [0.1, 0.15) is 29.4 Å². The predicted octanol–water partition coefficient (Wildman–Crippen LogP) is 3.47. The molecule has 1 aliphatic heterocycles. The van der Waals surface area contributed by atoms with Crippen LogP contribution in [0.2, 0.25) is 0 Å². The van der Waals surface area contributed by atoms with E-state index in [1.54, 1.807) is 4.68 Å². The van der Waals surface area contributed by atoms with Crippen LogP contribution in [0, 0.1) is 5.82 Å². The highest BCUT2D eigenvalue weighted by Crippen LogP contribution is 2.33. The Kier molecular flexibility index (Phi) is 6.77. The van der Waals surface area contributed by atoms with Crippen LogP contribution in [0.25, 0.3) is 22.3 Å². The molecule has 0 aliphatic carbocycles. The lowest BCUT2D eigenvalue weighted by Gasteiger charge is -2.30. The third-order valence-electron chi connectivity index (χ3n) is 6.63. The quantitative estimate of drug-likeness (QED) is 0.351. The molecule has 1 atom stereocenters. The molecule has 0 spiro atoms. The summed E-state index contributed by atoms with van der Waals surface area (Å²) in [7, 11) is 1.43. The number of carbonyl (C=O) groups excluding carboxylic acids is 1. The number of fused-ring (bicyclic) bond motifs is 1. The first-order valence-corrected chi connectivity index (χ1v) is 12.0. The Hall–Kier alpha value is -4.74. The number of halogens is 1. The molecule has 1 fully saturated rings. The molecule has 2 aromatic carbocycles. The predicted molar refractivity (Wildman–Crippen MR) is 137 cm³/mol. The lowest BCUT2D eigenvalue weighted by Crippen LogP contribution is -2.40. The van der Waals surface area contributed by atoms with E-state index >= 15 is 0 Å². The van der Waals surface area contributed by atoms with Gasteiger partial charge in [0.05, 0.1) is 24.1 Å². The van der Waals surface area contributed by atoms with Crippen LogP contribution in [0.4, 0.5) is 15.0 Å². The number of nitrogen functional groups attached to an aromatic ring is 1. The first-order valence-electron chi connectivity index (χ1n) is 12.0. The average Bonchev–Trinajstić information content (AvgIpc) is 3.33. The summed E-state index contributed by atoms with van der Waals surface area (Å²) in [6, 6.07) is 11.2. The number of carboxylic acid groups (broad SMARTS) is 1. The summed E-state index contributed by atoms with van der Waals surface area (Å²) >= 11 is 0. The molecule has 3 heterocycles. The molecule has 1 saturated heterocycles. The third-order valence-corrected chi connectivity index (χ3v) is 6.63. The van der Waals surface area contributed by atoms with E-state index in [1.165, 1.54) is 30.5 Å². The molecule has 196 valence electrons. The van der Waals surface area contributed by atoms with E-state index in [-0.39, 0.29) is 24.0 Å². The zero-order valence-electron chi connectivity index (χ0n) is 20.6. The van der Waals surface area contributed by atoms with Crippen LogP contribution in [0.1, 0.15) is 34.8 Å². The van der Waals surface area contributed by atoms with Crippen LogP contribution in [0.5, 0.6) is 5.75 Å². The number of nitrogens with two attached hydrogens (primary N) is 1. The minimum absolute atomic E-state index is 0.0703. The van der Waals surface area contributed by atoms with Crippen molar-refractivity contribution in [2.24, 2.45) is 0 Å². The largest absolute Gasteiger partial charge is 0.497 e. The molecule has 0 bridgehead atoms. The lowest BCUT2D eigenvalue weighted by molar-refractivity contribution is 0.0946. The zero-order chi connectivity index (χ0) is 26.8. The summed E-state index contributed by atoms with van der Waals surface area (Å²) in [5.74, 6) is -0.589. The normalized spacial score (nSPS) is 15.4. The number of benzene rings is 2. The smallest absolute Gasteiger partial charge is 0.407 e. The standard InChI is InChI=1S/C26H26FN7O4/c1-38-18-8-9-19(20(27)11-18)25(35)29-12-15-4-6-16(7-5-15)22-21-23(28)30-14-31-24(21)34(32-22)17-3-2-10-33(13-17)26(36)37/h4-9,11,14,17H,2-3,10,12-13H2,1H3,(H,29,35)(H,36,37)(H2,28,30,31)/t17-/m1/s1. The van der Waals surface area contributed by atoms with Gasteiger partial charge in [-0.2, -0.15) is 5.10 Å². The van der Waals surface area contributed by atoms with Gasteiger partial charge in [-0.05, 0) is 30.5 Å². The van der Waals surface area contributed by atoms with E-state index in [0.717, 1.165) is 30.0 Å². The molecule has 0 saturated carbocycles. The maximum atomic E-state index is 14.2. The summed E-state index contributed by atoms with van der Waals surface area (Å²) in [6.07, 6.45) is 1.89. The molecule has 4 N–H and O–H groups in total. The Balaban J connectivity index is 1.37. The highest BCUT2D eigenvalue weighted by atomic mass is 19.1. The number of likely N-dealkylation sites (tertiary alicyclic amines) is 1. The number of ether oxygens (including phenoxy) is 1. The van der Waals surface area contributed by atoms with Gasteiger partial charge in [0.2, 0.25) is 0 Å². The highest BCUT2D eigenvalue weighted by Gasteiger charge is 2.28. The fraction of sp³-hybridized carbons (Fsp3) is 0.269. The third kappa shape index (κ3) is 4.80. The van der Waals surface area contributed by atoms with Gasteiger partial charge in [-0.15, -0.1) is 0 Å². The first kappa shape index (κ1) is 24.9. The van der Waals surface area contributed by atoms with Crippen molar-refractivity contribution >= 4 is 28.9 Å². The van der Waals surface area contributed by atoms with E-state index in [0.29, 0.717) is 35.6 Å². The molecule has 2 aromatic heterocycles. The summed E-state index contributed by atoms with van der Waals surface area (Å²) < 4.78 is 20.9. The van der Waals surface area contributed by atoms with Gasteiger partial charge in [0, 0.05) is 31.3 Å². The van der Waals surface area contributed by atoms with Crippen molar-refractivity contribution in [1.82, 2.24) is 30.0 Å². The van der Waals surface area contributed by atoms with Crippen LogP contribution in [0.15, 0.2) is 48.8 Å². The fourth-order valence-corrected chi connectivity index (χ4v) is 4.65. The van der Waals surface area contributed by atoms with Crippen molar-refractivity contribution in [1.29, 1.82) is 0 Å². The van der Waals surface area contributed by atoms with E-state index < -0.39 is 17.8 Å². The number of piperidine rings is 1. The van der Waals surface area contributed by atoms with Crippen molar-refractivity contribution in [3.63, 3.8) is 0 Å². The second-order valence-corrected chi connectivity index (χ2v) is 9.00.